The van der Waals surface area contributed by atoms with E-state index in [2.05, 4.69) is 21.2 Å². The Morgan fingerprint density at radius 3 is 2.08 bits per heavy atom. The molecule has 51 heavy (non-hydrogen) atoms. The maximum Gasteiger partial charge on any atom is 0.498 e. The van der Waals surface area contributed by atoms with E-state index in [9.17, 15) is 9.59 Å². The van der Waals surface area contributed by atoms with Gasteiger partial charge in [0.15, 0.2) is 0 Å². The van der Waals surface area contributed by atoms with Crippen LogP contribution in [0.15, 0.2) is 59.2 Å². The van der Waals surface area contributed by atoms with Gasteiger partial charge in [-0.2, -0.15) is 10.2 Å². The second-order valence-corrected chi connectivity index (χ2v) is 16.5. The highest BCUT2D eigenvalue weighted by atomic mass is 79.9. The van der Waals surface area contributed by atoms with E-state index in [0.29, 0.717) is 27.2 Å². The second-order valence-electron chi connectivity index (χ2n) is 15.8. The number of aromatic nitrogens is 4. The van der Waals surface area contributed by atoms with Crippen LogP contribution in [0.2, 0.25) is 0 Å². The fourth-order valence-corrected chi connectivity index (χ4v) is 6.17. The first-order chi connectivity index (χ1) is 23.5. The zero-order valence-corrected chi connectivity index (χ0v) is 33.1. The molecule has 272 valence electrons. The van der Waals surface area contributed by atoms with Crippen molar-refractivity contribution in [2.45, 2.75) is 98.2 Å². The highest BCUT2D eigenvalue weighted by Gasteiger charge is 2.53. The Bertz CT molecular complexity index is 1920. The van der Waals surface area contributed by atoms with Crippen LogP contribution >= 0.6 is 15.9 Å². The Labute approximate surface area is 309 Å². The number of carbonyl (C=O) groups excluding carboxylic acids is 2. The number of hydrogen-bond donors (Lipinski definition) is 1. The molecule has 1 aliphatic rings. The van der Waals surface area contributed by atoms with Crippen LogP contribution in [-0.4, -0.2) is 61.3 Å². The minimum atomic E-state index is -0.742. The van der Waals surface area contributed by atoms with Crippen molar-refractivity contribution in [1.82, 2.24) is 19.6 Å². The Morgan fingerprint density at radius 2 is 1.47 bits per heavy atom. The summed E-state index contributed by atoms with van der Waals surface area (Å²) < 4.78 is 28.3. The molecule has 5 rings (SSSR count). The first kappa shape index (κ1) is 38.1. The standard InChI is InChI=1S/C37H48BBrN6O6/c1-34(2,3)48-32(46)40-25-17-13-15-23(19-25)31-29(39)28(44(12)42-31)22-45(33(47)49-35(4,5)6)26-18-14-16-24(20-26)30-27(21-43(11)41-30)38-50-36(7,8)37(9,10)51-38/h13-21H,22H2,1-12H3,(H,40,46). The molecule has 0 bridgehead atoms. The number of carbonyl (C=O) groups is 2. The maximum atomic E-state index is 13.9. The van der Waals surface area contributed by atoms with Crippen LogP contribution in [0.4, 0.5) is 21.0 Å². The molecule has 4 aromatic rings. The van der Waals surface area contributed by atoms with E-state index in [-0.39, 0.29) is 6.54 Å². The van der Waals surface area contributed by atoms with Gasteiger partial charge in [-0.25, -0.2) is 9.59 Å². The monoisotopic (exact) mass is 762 g/mol. The summed E-state index contributed by atoms with van der Waals surface area (Å²) >= 11 is 3.77. The second kappa shape index (κ2) is 13.8. The van der Waals surface area contributed by atoms with E-state index in [1.807, 2.05) is 132 Å². The topological polar surface area (TPSA) is 122 Å². The summed E-state index contributed by atoms with van der Waals surface area (Å²) in [6.07, 6.45) is 0.830. The summed E-state index contributed by atoms with van der Waals surface area (Å²) in [6.45, 7) is 19.1. The number of amides is 2. The van der Waals surface area contributed by atoms with Crippen LogP contribution < -0.4 is 15.7 Å². The first-order valence-electron chi connectivity index (χ1n) is 16.9. The summed E-state index contributed by atoms with van der Waals surface area (Å²) in [7, 11) is 3.06. The average Bonchev–Trinajstić information content (AvgIpc) is 3.59. The SMILES string of the molecule is Cn1cc(B2OC(C)(C)C(C)(C)O2)c(-c2cccc(N(Cc3c(Br)c(-c4cccc(NC(=O)OC(C)(C)C)c4)nn3C)C(=O)OC(C)(C)C)c2)n1. The Hall–Kier alpha value is -4.14. The lowest BCUT2D eigenvalue weighted by Gasteiger charge is -2.32. The van der Waals surface area contributed by atoms with Gasteiger partial charge < -0.3 is 18.8 Å². The molecule has 0 unspecified atom stereocenters. The van der Waals surface area contributed by atoms with Gasteiger partial charge in [0, 0.05) is 48.3 Å². The van der Waals surface area contributed by atoms with Gasteiger partial charge in [-0.05, 0) is 109 Å². The number of nitrogens with zero attached hydrogens (tertiary/aromatic N) is 5. The highest BCUT2D eigenvalue weighted by molar-refractivity contribution is 9.10. The normalized spacial score (nSPS) is 15.5. The molecule has 2 amide bonds. The first-order valence-corrected chi connectivity index (χ1v) is 17.6. The zero-order valence-electron chi connectivity index (χ0n) is 31.5. The number of ether oxygens (including phenoxy) is 2. The molecule has 1 saturated heterocycles. The minimum Gasteiger partial charge on any atom is -0.444 e. The van der Waals surface area contributed by atoms with Crippen LogP contribution in [-0.2, 0) is 39.4 Å². The van der Waals surface area contributed by atoms with Crippen LogP contribution in [0.3, 0.4) is 0 Å². The summed E-state index contributed by atoms with van der Waals surface area (Å²) in [5, 5.41) is 12.4. The number of nitrogens with one attached hydrogen (secondary N) is 1. The third kappa shape index (κ3) is 8.67. The molecule has 2 aromatic carbocycles. The summed E-state index contributed by atoms with van der Waals surface area (Å²) in [6, 6.07) is 14.9. The number of benzene rings is 2. The fourth-order valence-electron chi connectivity index (χ4n) is 5.48. The van der Waals surface area contributed by atoms with Gasteiger partial charge in [0.2, 0.25) is 0 Å². The van der Waals surface area contributed by atoms with E-state index >= 15 is 0 Å². The predicted molar refractivity (Wildman–Crippen MR) is 203 cm³/mol. The number of aryl methyl sites for hydroxylation is 2. The molecule has 12 nitrogen and oxygen atoms in total. The quantitative estimate of drug-likeness (QED) is 0.189. The van der Waals surface area contributed by atoms with Crippen molar-refractivity contribution in [2.24, 2.45) is 14.1 Å². The summed E-state index contributed by atoms with van der Waals surface area (Å²) in [4.78, 5) is 28.0. The van der Waals surface area contributed by atoms with Crippen molar-refractivity contribution in [1.29, 1.82) is 0 Å². The van der Waals surface area contributed by atoms with Crippen molar-refractivity contribution in [3.63, 3.8) is 0 Å². The molecule has 1 fully saturated rings. The lowest BCUT2D eigenvalue weighted by molar-refractivity contribution is 0.00578. The molecule has 0 atom stereocenters. The molecule has 1 aliphatic heterocycles. The van der Waals surface area contributed by atoms with Gasteiger partial charge in [-0.3, -0.25) is 19.6 Å². The molecule has 0 aliphatic carbocycles. The highest BCUT2D eigenvalue weighted by Crippen LogP contribution is 2.38. The van der Waals surface area contributed by atoms with E-state index in [1.54, 1.807) is 20.3 Å². The van der Waals surface area contributed by atoms with Crippen LogP contribution in [0.1, 0.15) is 74.9 Å². The van der Waals surface area contributed by atoms with Gasteiger partial charge in [-0.1, -0.05) is 24.3 Å². The fraction of sp³-hybridized carbons (Fsp3) is 0.459. The number of anilines is 2. The van der Waals surface area contributed by atoms with E-state index in [0.717, 1.165) is 22.3 Å². The zero-order chi connectivity index (χ0) is 37.7. The van der Waals surface area contributed by atoms with Crippen molar-refractivity contribution in [3.8, 4) is 22.5 Å². The van der Waals surface area contributed by atoms with Gasteiger partial charge >= 0.3 is 19.3 Å². The van der Waals surface area contributed by atoms with Crippen molar-refractivity contribution in [2.75, 3.05) is 10.2 Å². The average molecular weight is 764 g/mol. The predicted octanol–water partition coefficient (Wildman–Crippen LogP) is 7.84. The van der Waals surface area contributed by atoms with E-state index < -0.39 is 41.7 Å². The molecule has 14 heteroatoms. The molecule has 3 heterocycles. The molecule has 0 radical (unpaired) electrons. The van der Waals surface area contributed by atoms with Gasteiger partial charge in [0.05, 0.1) is 33.6 Å². The Morgan fingerprint density at radius 1 is 0.882 bits per heavy atom. The van der Waals surface area contributed by atoms with Gasteiger partial charge in [0.25, 0.3) is 0 Å². The van der Waals surface area contributed by atoms with E-state index in [1.165, 1.54) is 0 Å². The maximum absolute atomic E-state index is 13.9. The smallest absolute Gasteiger partial charge is 0.444 e. The number of halogens is 1. The number of rotatable bonds is 7. The molecule has 0 saturated carbocycles. The van der Waals surface area contributed by atoms with Crippen LogP contribution in [0.25, 0.3) is 22.5 Å². The molecule has 1 N–H and O–H groups in total. The minimum absolute atomic E-state index is 0.130. The van der Waals surface area contributed by atoms with Crippen molar-refractivity contribution >= 4 is 52.1 Å². The summed E-state index contributed by atoms with van der Waals surface area (Å²) in [5.74, 6) is 0. The van der Waals surface area contributed by atoms with Gasteiger partial charge in [-0.15, -0.1) is 0 Å². The van der Waals surface area contributed by atoms with E-state index in [4.69, 9.17) is 29.0 Å². The largest absolute Gasteiger partial charge is 0.498 e. The third-order valence-electron chi connectivity index (χ3n) is 8.60. The van der Waals surface area contributed by atoms with Crippen molar-refractivity contribution in [3.05, 3.63) is 64.9 Å². The number of hydrogen-bond acceptors (Lipinski definition) is 8. The van der Waals surface area contributed by atoms with Crippen LogP contribution in [0.5, 0.6) is 0 Å². The molecule has 2 aromatic heterocycles. The molecular weight excluding hydrogens is 715 g/mol. The molecular formula is C37H48BBrN6O6. The lowest BCUT2D eigenvalue weighted by Crippen LogP contribution is -2.41. The Balaban J connectivity index is 1.49. The van der Waals surface area contributed by atoms with Crippen LogP contribution in [0, 0.1) is 0 Å². The molecule has 0 spiro atoms. The third-order valence-corrected chi connectivity index (χ3v) is 9.43. The Kier molecular flexibility index (Phi) is 10.3. The van der Waals surface area contributed by atoms with Gasteiger partial charge in [0.1, 0.15) is 16.9 Å². The van der Waals surface area contributed by atoms with Crippen molar-refractivity contribution < 1.29 is 28.4 Å². The lowest BCUT2D eigenvalue weighted by atomic mass is 9.78. The summed E-state index contributed by atoms with van der Waals surface area (Å²) in [5.41, 5.74) is 3.12.